The number of nitrogens with one attached hydrogen (secondary N) is 2. The van der Waals surface area contributed by atoms with Crippen molar-refractivity contribution in [2.24, 2.45) is 0 Å². The second-order valence-corrected chi connectivity index (χ2v) is 8.26. The molecule has 1 amide bonds. The molecule has 0 atom stereocenters. The molecule has 1 aromatic heterocycles. The highest BCUT2D eigenvalue weighted by Gasteiger charge is 2.16. The highest BCUT2D eigenvalue weighted by molar-refractivity contribution is 7.90. The molecule has 150 valence electrons. The van der Waals surface area contributed by atoms with Crippen molar-refractivity contribution in [1.29, 1.82) is 0 Å². The van der Waals surface area contributed by atoms with E-state index in [9.17, 15) is 27.2 Å². The number of sulfone groups is 1. The van der Waals surface area contributed by atoms with Crippen LogP contribution in [-0.2, 0) is 16.4 Å². The van der Waals surface area contributed by atoms with Crippen LogP contribution in [0.4, 0.5) is 10.1 Å². The van der Waals surface area contributed by atoms with Crippen molar-refractivity contribution in [1.82, 2.24) is 9.55 Å². The van der Waals surface area contributed by atoms with Gasteiger partial charge in [-0.15, -0.1) is 0 Å². The normalized spacial score (nSPS) is 11.2. The summed E-state index contributed by atoms with van der Waals surface area (Å²) in [6, 6.07) is 11.0. The van der Waals surface area contributed by atoms with Gasteiger partial charge in [0.1, 0.15) is 11.4 Å². The van der Waals surface area contributed by atoms with Crippen LogP contribution in [0.5, 0.6) is 0 Å². The molecule has 29 heavy (non-hydrogen) atoms. The van der Waals surface area contributed by atoms with E-state index in [0.29, 0.717) is 0 Å². The number of nitrogens with zero attached hydrogens (tertiary/aromatic N) is 1. The number of aromatic nitrogens is 2. The summed E-state index contributed by atoms with van der Waals surface area (Å²) in [5.41, 5.74) is -1.65. The van der Waals surface area contributed by atoms with Crippen LogP contribution in [0.3, 0.4) is 0 Å². The number of carbonyl (C=O) groups is 1. The molecule has 0 saturated heterocycles. The summed E-state index contributed by atoms with van der Waals surface area (Å²) in [7, 11) is -3.39. The SMILES string of the molecule is CS(=O)(=O)c1ccc(NC(=O)c2c[nH]c(=O)n(Cc3ccccc3F)c2=O)cc1. The summed E-state index contributed by atoms with van der Waals surface area (Å²) < 4.78 is 37.5. The molecule has 0 saturated carbocycles. The third-order valence-corrected chi connectivity index (χ3v) is 5.26. The van der Waals surface area contributed by atoms with E-state index >= 15 is 0 Å². The van der Waals surface area contributed by atoms with Gasteiger partial charge in [0.05, 0.1) is 11.4 Å². The minimum Gasteiger partial charge on any atom is -0.322 e. The van der Waals surface area contributed by atoms with E-state index < -0.39 is 32.8 Å². The molecule has 0 aliphatic heterocycles. The fourth-order valence-corrected chi connectivity index (χ4v) is 3.23. The van der Waals surface area contributed by atoms with E-state index in [1.54, 1.807) is 6.07 Å². The zero-order valence-corrected chi connectivity index (χ0v) is 16.0. The van der Waals surface area contributed by atoms with E-state index in [4.69, 9.17) is 0 Å². The van der Waals surface area contributed by atoms with Gasteiger partial charge in [-0.3, -0.25) is 14.2 Å². The maximum atomic E-state index is 13.9. The van der Waals surface area contributed by atoms with Crippen LogP contribution >= 0.6 is 0 Å². The fourth-order valence-electron chi connectivity index (χ4n) is 2.60. The van der Waals surface area contributed by atoms with Crippen molar-refractivity contribution < 1.29 is 17.6 Å². The molecule has 0 fully saturated rings. The molecule has 0 radical (unpaired) electrons. The smallest absolute Gasteiger partial charge is 0.322 e. The van der Waals surface area contributed by atoms with Gasteiger partial charge in [-0.1, -0.05) is 18.2 Å². The van der Waals surface area contributed by atoms with E-state index in [2.05, 4.69) is 10.3 Å². The Labute approximate surface area is 164 Å². The molecule has 0 aliphatic carbocycles. The van der Waals surface area contributed by atoms with Crippen LogP contribution in [0, 0.1) is 5.82 Å². The molecule has 0 aliphatic rings. The lowest BCUT2D eigenvalue weighted by Gasteiger charge is -2.09. The molecule has 0 bridgehead atoms. The van der Waals surface area contributed by atoms with Crippen molar-refractivity contribution in [3.8, 4) is 0 Å². The monoisotopic (exact) mass is 417 g/mol. The van der Waals surface area contributed by atoms with Crippen molar-refractivity contribution in [3.05, 3.63) is 92.5 Å². The zero-order valence-electron chi connectivity index (χ0n) is 15.2. The Morgan fingerprint density at radius 3 is 2.38 bits per heavy atom. The van der Waals surface area contributed by atoms with E-state index in [1.165, 1.54) is 42.5 Å². The lowest BCUT2D eigenvalue weighted by atomic mass is 10.2. The van der Waals surface area contributed by atoms with Gasteiger partial charge in [0.15, 0.2) is 9.84 Å². The number of H-pyrrole nitrogens is 1. The second kappa shape index (κ2) is 7.84. The quantitative estimate of drug-likeness (QED) is 0.650. The first kappa shape index (κ1) is 20.2. The van der Waals surface area contributed by atoms with Gasteiger partial charge in [0.25, 0.3) is 11.5 Å². The van der Waals surface area contributed by atoms with E-state index in [1.807, 2.05) is 0 Å². The van der Waals surface area contributed by atoms with Crippen molar-refractivity contribution >= 4 is 21.4 Å². The third kappa shape index (κ3) is 4.49. The van der Waals surface area contributed by atoms with Crippen LogP contribution < -0.4 is 16.6 Å². The van der Waals surface area contributed by atoms with Crippen molar-refractivity contribution in [2.75, 3.05) is 11.6 Å². The topological polar surface area (TPSA) is 118 Å². The van der Waals surface area contributed by atoms with Gasteiger partial charge in [-0.2, -0.15) is 0 Å². The molecule has 3 rings (SSSR count). The number of anilines is 1. The van der Waals surface area contributed by atoms with Gasteiger partial charge in [-0.05, 0) is 30.3 Å². The van der Waals surface area contributed by atoms with Crippen molar-refractivity contribution in [2.45, 2.75) is 11.4 Å². The molecule has 0 unspecified atom stereocenters. The number of hydrogen-bond acceptors (Lipinski definition) is 5. The van der Waals surface area contributed by atoms with Crippen LogP contribution in [0.25, 0.3) is 0 Å². The molecular weight excluding hydrogens is 401 g/mol. The van der Waals surface area contributed by atoms with Gasteiger partial charge < -0.3 is 10.3 Å². The number of benzene rings is 2. The summed E-state index contributed by atoms with van der Waals surface area (Å²) >= 11 is 0. The van der Waals surface area contributed by atoms with Crippen LogP contribution in [0.1, 0.15) is 15.9 Å². The number of aromatic amines is 1. The fraction of sp³-hybridized carbons (Fsp3) is 0.105. The summed E-state index contributed by atoms with van der Waals surface area (Å²) in [6.07, 6.45) is 2.03. The number of amides is 1. The molecule has 3 aromatic rings. The Kier molecular flexibility index (Phi) is 5.46. The number of carbonyl (C=O) groups excluding carboxylic acids is 1. The summed E-state index contributed by atoms with van der Waals surface area (Å²) in [4.78, 5) is 39.4. The van der Waals surface area contributed by atoms with Gasteiger partial charge >= 0.3 is 5.69 Å². The molecule has 0 spiro atoms. The molecule has 2 N–H and O–H groups in total. The maximum Gasteiger partial charge on any atom is 0.328 e. The average Bonchev–Trinajstić information content (AvgIpc) is 2.66. The average molecular weight is 417 g/mol. The first-order valence-electron chi connectivity index (χ1n) is 8.34. The zero-order chi connectivity index (χ0) is 21.2. The third-order valence-electron chi connectivity index (χ3n) is 4.13. The Balaban J connectivity index is 1.89. The summed E-state index contributed by atoms with van der Waals surface area (Å²) in [5.74, 6) is -1.39. The van der Waals surface area contributed by atoms with Crippen LogP contribution in [0.2, 0.25) is 0 Å². The highest BCUT2D eigenvalue weighted by atomic mass is 32.2. The molecule has 2 aromatic carbocycles. The molecule has 1 heterocycles. The Morgan fingerprint density at radius 1 is 1.10 bits per heavy atom. The lowest BCUT2D eigenvalue weighted by molar-refractivity contribution is 0.102. The van der Waals surface area contributed by atoms with Crippen molar-refractivity contribution in [3.63, 3.8) is 0 Å². The predicted octanol–water partition coefficient (Wildman–Crippen LogP) is 1.38. The molecule has 10 heteroatoms. The minimum absolute atomic E-state index is 0.0757. The van der Waals surface area contributed by atoms with Crippen LogP contribution in [-0.4, -0.2) is 30.1 Å². The largest absolute Gasteiger partial charge is 0.328 e. The maximum absolute atomic E-state index is 13.9. The predicted molar refractivity (Wildman–Crippen MR) is 104 cm³/mol. The first-order valence-corrected chi connectivity index (χ1v) is 10.2. The first-order chi connectivity index (χ1) is 13.7. The van der Waals surface area contributed by atoms with Crippen LogP contribution in [0.15, 0.2) is 69.2 Å². The lowest BCUT2D eigenvalue weighted by Crippen LogP contribution is -2.39. The number of halogens is 1. The number of hydrogen-bond donors (Lipinski definition) is 2. The minimum atomic E-state index is -3.39. The van der Waals surface area contributed by atoms with E-state index in [-0.39, 0.29) is 28.3 Å². The van der Waals surface area contributed by atoms with Gasteiger partial charge in [0.2, 0.25) is 0 Å². The molecule has 8 nitrogen and oxygen atoms in total. The van der Waals surface area contributed by atoms with Gasteiger partial charge in [-0.25, -0.2) is 17.6 Å². The van der Waals surface area contributed by atoms with Gasteiger partial charge in [0, 0.05) is 23.7 Å². The second-order valence-electron chi connectivity index (χ2n) is 6.24. The Bertz CT molecular complexity index is 1290. The summed E-state index contributed by atoms with van der Waals surface area (Å²) in [6.45, 7) is -0.342. The highest BCUT2D eigenvalue weighted by Crippen LogP contribution is 2.14. The van der Waals surface area contributed by atoms with E-state index in [0.717, 1.165) is 17.0 Å². The Morgan fingerprint density at radius 2 is 1.76 bits per heavy atom. The number of rotatable bonds is 5. The summed E-state index contributed by atoms with van der Waals surface area (Å²) in [5, 5.41) is 2.46. The molecular formula is C19H16FN3O5S. The Hall–Kier alpha value is -3.53. The standard InChI is InChI=1S/C19H16FN3O5S/c1-29(27,28)14-8-6-13(7-9-14)22-17(24)15-10-21-19(26)23(18(15)25)11-12-4-2-3-5-16(12)20/h2-10H,11H2,1H3,(H,21,26)(H,22,24).